The summed E-state index contributed by atoms with van der Waals surface area (Å²) in [4.78, 5) is 0. The molecule has 0 amide bonds. The Labute approximate surface area is 85.8 Å². The summed E-state index contributed by atoms with van der Waals surface area (Å²) in [5.74, 6) is 0.342. The minimum Gasteiger partial charge on any atom is -0.508 e. The van der Waals surface area contributed by atoms with Gasteiger partial charge in [-0.15, -0.1) is 0 Å². The Balaban J connectivity index is 2.79. The molecular weight excluding hydrogens is 174 g/mol. The minimum atomic E-state index is 0.0575. The lowest BCUT2D eigenvalue weighted by molar-refractivity contribution is 0.468. The van der Waals surface area contributed by atoms with Gasteiger partial charge in [-0.05, 0) is 30.5 Å². The highest BCUT2D eigenvalue weighted by Crippen LogP contribution is 2.26. The number of aromatic hydroxyl groups is 1. The molecule has 2 nitrogen and oxygen atoms in total. The summed E-state index contributed by atoms with van der Waals surface area (Å²) in [5.41, 5.74) is 8.02. The number of hydrogen-bond donors (Lipinski definition) is 2. The molecule has 1 unspecified atom stereocenters. The lowest BCUT2D eigenvalue weighted by atomic mass is 9.97. The largest absolute Gasteiger partial charge is 0.508 e. The smallest absolute Gasteiger partial charge is 0.118 e. The van der Waals surface area contributed by atoms with Gasteiger partial charge in [0.25, 0.3) is 0 Å². The molecule has 1 atom stereocenters. The second-order valence-corrected chi connectivity index (χ2v) is 3.74. The molecule has 0 bridgehead atoms. The van der Waals surface area contributed by atoms with Crippen LogP contribution >= 0.6 is 0 Å². The molecule has 14 heavy (non-hydrogen) atoms. The Hall–Kier alpha value is -1.02. The number of phenolic OH excluding ortho intramolecular Hbond substituents is 1. The molecule has 0 fully saturated rings. The van der Waals surface area contributed by atoms with Crippen LogP contribution in [0.2, 0.25) is 0 Å². The molecule has 0 aliphatic rings. The van der Waals surface area contributed by atoms with Crippen molar-refractivity contribution in [3.63, 3.8) is 0 Å². The van der Waals surface area contributed by atoms with Gasteiger partial charge in [-0.3, -0.25) is 0 Å². The molecule has 0 aromatic heterocycles. The monoisotopic (exact) mass is 193 g/mol. The van der Waals surface area contributed by atoms with E-state index in [4.69, 9.17) is 5.73 Å². The molecule has 0 radical (unpaired) electrons. The van der Waals surface area contributed by atoms with Crippen LogP contribution < -0.4 is 5.73 Å². The molecule has 0 spiro atoms. The Morgan fingerprint density at radius 2 is 2.14 bits per heavy atom. The highest BCUT2D eigenvalue weighted by atomic mass is 16.3. The van der Waals surface area contributed by atoms with E-state index in [1.807, 2.05) is 19.1 Å². The topological polar surface area (TPSA) is 46.2 Å². The molecule has 1 rings (SSSR count). The third-order valence-electron chi connectivity index (χ3n) is 2.62. The first-order valence-electron chi connectivity index (χ1n) is 5.20. The van der Waals surface area contributed by atoms with Gasteiger partial charge in [0.2, 0.25) is 0 Å². The van der Waals surface area contributed by atoms with Gasteiger partial charge in [-0.25, -0.2) is 0 Å². The van der Waals surface area contributed by atoms with Crippen LogP contribution in [0.25, 0.3) is 0 Å². The maximum atomic E-state index is 9.52. The summed E-state index contributed by atoms with van der Waals surface area (Å²) < 4.78 is 0. The zero-order chi connectivity index (χ0) is 10.6. The van der Waals surface area contributed by atoms with Crippen molar-refractivity contribution in [3.05, 3.63) is 29.3 Å². The number of rotatable bonds is 4. The van der Waals surface area contributed by atoms with E-state index in [0.29, 0.717) is 5.75 Å². The SMILES string of the molecule is CCCCC(N)c1cccc(O)c1C. The Bertz CT molecular complexity index is 296. The van der Waals surface area contributed by atoms with Crippen LogP contribution in [0.3, 0.4) is 0 Å². The predicted molar refractivity (Wildman–Crippen MR) is 59.3 cm³/mol. The number of hydrogen-bond acceptors (Lipinski definition) is 2. The summed E-state index contributed by atoms with van der Waals surface area (Å²) in [6.45, 7) is 4.07. The van der Waals surface area contributed by atoms with Crippen molar-refractivity contribution >= 4 is 0 Å². The van der Waals surface area contributed by atoms with Crippen LogP contribution in [-0.2, 0) is 0 Å². The van der Waals surface area contributed by atoms with Gasteiger partial charge >= 0.3 is 0 Å². The van der Waals surface area contributed by atoms with E-state index in [1.165, 1.54) is 0 Å². The Morgan fingerprint density at radius 1 is 1.43 bits per heavy atom. The van der Waals surface area contributed by atoms with Gasteiger partial charge in [0.05, 0.1) is 0 Å². The fourth-order valence-corrected chi connectivity index (χ4v) is 1.62. The van der Waals surface area contributed by atoms with Crippen molar-refractivity contribution in [3.8, 4) is 5.75 Å². The van der Waals surface area contributed by atoms with Crippen LogP contribution in [0.15, 0.2) is 18.2 Å². The fourth-order valence-electron chi connectivity index (χ4n) is 1.62. The normalized spacial score (nSPS) is 12.8. The Morgan fingerprint density at radius 3 is 2.79 bits per heavy atom. The fraction of sp³-hybridized carbons (Fsp3) is 0.500. The standard InChI is InChI=1S/C12H19NO/c1-3-4-7-11(13)10-6-5-8-12(14)9(10)2/h5-6,8,11,14H,3-4,7,13H2,1-2H3. The number of phenols is 1. The molecule has 0 saturated carbocycles. The van der Waals surface area contributed by atoms with E-state index in [-0.39, 0.29) is 6.04 Å². The summed E-state index contributed by atoms with van der Waals surface area (Å²) in [6.07, 6.45) is 3.28. The number of nitrogens with two attached hydrogens (primary N) is 1. The van der Waals surface area contributed by atoms with Gasteiger partial charge < -0.3 is 10.8 Å². The summed E-state index contributed by atoms with van der Waals surface area (Å²) in [7, 11) is 0. The zero-order valence-corrected chi connectivity index (χ0v) is 8.96. The van der Waals surface area contributed by atoms with E-state index in [9.17, 15) is 5.11 Å². The lowest BCUT2D eigenvalue weighted by Crippen LogP contribution is -2.11. The van der Waals surface area contributed by atoms with Crippen molar-refractivity contribution in [2.45, 2.75) is 39.2 Å². The van der Waals surface area contributed by atoms with Crippen LogP contribution in [-0.4, -0.2) is 5.11 Å². The van der Waals surface area contributed by atoms with E-state index in [1.54, 1.807) is 6.07 Å². The highest BCUT2D eigenvalue weighted by molar-refractivity contribution is 5.39. The Kier molecular flexibility index (Phi) is 3.96. The number of unbranched alkanes of at least 4 members (excludes halogenated alkanes) is 1. The van der Waals surface area contributed by atoms with Gasteiger partial charge in [-0.2, -0.15) is 0 Å². The number of benzene rings is 1. The van der Waals surface area contributed by atoms with E-state index < -0.39 is 0 Å². The third-order valence-corrected chi connectivity index (χ3v) is 2.62. The summed E-state index contributed by atoms with van der Waals surface area (Å²) >= 11 is 0. The molecule has 78 valence electrons. The molecule has 0 saturated heterocycles. The molecule has 0 aliphatic heterocycles. The predicted octanol–water partition coefficient (Wildman–Crippen LogP) is 2.89. The van der Waals surface area contributed by atoms with E-state index in [2.05, 4.69) is 6.92 Å². The second kappa shape index (κ2) is 5.01. The maximum absolute atomic E-state index is 9.52. The first kappa shape index (κ1) is 11.1. The van der Waals surface area contributed by atoms with Gasteiger partial charge in [0, 0.05) is 6.04 Å². The van der Waals surface area contributed by atoms with Crippen molar-refractivity contribution in [1.29, 1.82) is 0 Å². The summed E-state index contributed by atoms with van der Waals surface area (Å²) in [5, 5.41) is 9.52. The van der Waals surface area contributed by atoms with Crippen molar-refractivity contribution in [2.24, 2.45) is 5.73 Å². The molecule has 1 aromatic carbocycles. The molecule has 0 heterocycles. The maximum Gasteiger partial charge on any atom is 0.118 e. The van der Waals surface area contributed by atoms with Gasteiger partial charge in [-0.1, -0.05) is 31.9 Å². The first-order chi connectivity index (χ1) is 6.66. The van der Waals surface area contributed by atoms with Crippen LogP contribution in [0.5, 0.6) is 5.75 Å². The molecule has 0 aliphatic carbocycles. The first-order valence-corrected chi connectivity index (χ1v) is 5.20. The average molecular weight is 193 g/mol. The zero-order valence-electron chi connectivity index (χ0n) is 8.96. The van der Waals surface area contributed by atoms with Crippen molar-refractivity contribution in [1.82, 2.24) is 0 Å². The quantitative estimate of drug-likeness (QED) is 0.772. The van der Waals surface area contributed by atoms with Crippen molar-refractivity contribution in [2.75, 3.05) is 0 Å². The average Bonchev–Trinajstić information content (AvgIpc) is 2.18. The van der Waals surface area contributed by atoms with Crippen LogP contribution in [0.4, 0.5) is 0 Å². The minimum absolute atomic E-state index is 0.0575. The van der Waals surface area contributed by atoms with Gasteiger partial charge in [0.15, 0.2) is 0 Å². The van der Waals surface area contributed by atoms with E-state index >= 15 is 0 Å². The summed E-state index contributed by atoms with van der Waals surface area (Å²) in [6, 6.07) is 5.60. The third kappa shape index (κ3) is 2.48. The van der Waals surface area contributed by atoms with E-state index in [0.717, 1.165) is 30.4 Å². The second-order valence-electron chi connectivity index (χ2n) is 3.74. The van der Waals surface area contributed by atoms with Crippen LogP contribution in [0, 0.1) is 6.92 Å². The van der Waals surface area contributed by atoms with Gasteiger partial charge in [0.1, 0.15) is 5.75 Å². The van der Waals surface area contributed by atoms with Crippen molar-refractivity contribution < 1.29 is 5.11 Å². The molecule has 1 aromatic rings. The molecular formula is C12H19NO. The molecule has 2 heteroatoms. The lowest BCUT2D eigenvalue weighted by Gasteiger charge is -2.14. The molecule has 3 N–H and O–H groups in total. The highest BCUT2D eigenvalue weighted by Gasteiger charge is 2.09. The van der Waals surface area contributed by atoms with Crippen LogP contribution in [0.1, 0.15) is 43.4 Å².